The molecule has 0 saturated heterocycles. The van der Waals surface area contributed by atoms with Crippen molar-refractivity contribution < 1.29 is 47.7 Å². The van der Waals surface area contributed by atoms with Gasteiger partial charge in [-0.1, -0.05) is 24.3 Å². The number of nitrogens with zero attached hydrogens (tertiary/aromatic N) is 4. The molecular formula is C31H32N4O10S. The first-order chi connectivity index (χ1) is 21.8. The Morgan fingerprint density at radius 1 is 0.826 bits per heavy atom. The van der Waals surface area contributed by atoms with Gasteiger partial charge in [-0.25, -0.2) is 9.97 Å². The molecule has 14 nitrogen and oxygen atoms in total. The number of hydrogen-bond donors (Lipinski definition) is 0. The molecule has 0 spiro atoms. The number of aryl methyl sites for hydroxylation is 3. The smallest absolute Gasteiger partial charge is 0.303 e. The minimum Gasteiger partial charge on any atom is -0.462 e. The SMILES string of the molecule is CC(=O)OC[C@H](OC(C)=O)[C@@H](OC(C)=O)[C@H](OC(C)=O)[C@H](OC(C)=O)c1nc2c3c4c(sc3nc(C)n2n1)CCc1ccccc1-4. The maximum absolute atomic E-state index is 12.5. The van der Waals surface area contributed by atoms with Gasteiger partial charge >= 0.3 is 29.8 Å². The third kappa shape index (κ3) is 6.68. The van der Waals surface area contributed by atoms with E-state index in [4.69, 9.17) is 33.7 Å². The van der Waals surface area contributed by atoms with Crippen LogP contribution in [0, 0.1) is 6.92 Å². The highest BCUT2D eigenvalue weighted by atomic mass is 32.1. The predicted molar refractivity (Wildman–Crippen MR) is 162 cm³/mol. The van der Waals surface area contributed by atoms with Crippen LogP contribution in [-0.4, -0.2) is 74.3 Å². The Balaban J connectivity index is 1.71. The third-order valence-electron chi connectivity index (χ3n) is 7.20. The first-order valence-electron chi connectivity index (χ1n) is 14.4. The molecule has 0 aliphatic heterocycles. The van der Waals surface area contributed by atoms with E-state index in [2.05, 4.69) is 11.2 Å². The topological polar surface area (TPSA) is 175 Å². The van der Waals surface area contributed by atoms with E-state index in [9.17, 15) is 24.0 Å². The third-order valence-corrected chi connectivity index (χ3v) is 8.34. The Morgan fingerprint density at radius 3 is 2.13 bits per heavy atom. The Kier molecular flexibility index (Phi) is 9.32. The Labute approximate surface area is 266 Å². The Morgan fingerprint density at radius 2 is 1.48 bits per heavy atom. The summed E-state index contributed by atoms with van der Waals surface area (Å²) < 4.78 is 28.7. The van der Waals surface area contributed by atoms with E-state index in [1.165, 1.54) is 10.1 Å². The van der Waals surface area contributed by atoms with Crippen LogP contribution in [-0.2, 0) is 60.5 Å². The molecule has 4 aromatic rings. The molecule has 0 unspecified atom stereocenters. The van der Waals surface area contributed by atoms with Crippen LogP contribution >= 0.6 is 11.3 Å². The van der Waals surface area contributed by atoms with Gasteiger partial charge in [-0.2, -0.15) is 4.52 Å². The molecule has 0 radical (unpaired) electrons. The van der Waals surface area contributed by atoms with Crippen molar-refractivity contribution in [1.82, 2.24) is 19.6 Å². The van der Waals surface area contributed by atoms with E-state index < -0.39 is 60.9 Å². The summed E-state index contributed by atoms with van der Waals surface area (Å²) in [6.07, 6.45) is -4.61. The standard InChI is InChI=1S/C31H32N4O10S/c1-14-32-31-25(24-21-10-8-7-9-20(21)11-12-23(24)46-31)30-33-29(34-35(14)30)28(45-19(6)40)27(44-18(5)39)26(43-17(4)38)22(42-16(3)37)13-41-15(2)36/h7-10,22,26-28H,11-13H2,1-6H3/t22-,26+,27-,28-/m0/s1. The first kappa shape index (κ1) is 32.5. The summed E-state index contributed by atoms with van der Waals surface area (Å²) in [5, 5.41) is 5.39. The molecule has 3 heterocycles. The van der Waals surface area contributed by atoms with E-state index in [0.717, 1.165) is 73.7 Å². The van der Waals surface area contributed by atoms with Crippen LogP contribution in [0.25, 0.3) is 27.0 Å². The minimum absolute atomic E-state index is 0.103. The quantitative estimate of drug-likeness (QED) is 0.180. The Hall–Kier alpha value is -4.92. The lowest BCUT2D eigenvalue weighted by Gasteiger charge is -2.34. The lowest BCUT2D eigenvalue weighted by atomic mass is 9.89. The van der Waals surface area contributed by atoms with Gasteiger partial charge in [0.15, 0.2) is 29.8 Å². The number of hydrogen-bond acceptors (Lipinski definition) is 14. The van der Waals surface area contributed by atoms with Crippen molar-refractivity contribution in [2.24, 2.45) is 0 Å². The zero-order valence-electron chi connectivity index (χ0n) is 26.0. The van der Waals surface area contributed by atoms with Crippen LogP contribution in [0.4, 0.5) is 0 Å². The summed E-state index contributed by atoms with van der Waals surface area (Å²) >= 11 is 1.57. The highest BCUT2D eigenvalue weighted by Gasteiger charge is 2.46. The van der Waals surface area contributed by atoms with Crippen molar-refractivity contribution in [3.63, 3.8) is 0 Å². The second-order valence-electron chi connectivity index (χ2n) is 10.7. The van der Waals surface area contributed by atoms with Crippen LogP contribution in [0.5, 0.6) is 0 Å². The van der Waals surface area contributed by atoms with E-state index >= 15 is 0 Å². The minimum atomic E-state index is -1.65. The zero-order chi connectivity index (χ0) is 33.3. The average molecular weight is 653 g/mol. The van der Waals surface area contributed by atoms with Gasteiger partial charge in [0.25, 0.3) is 0 Å². The molecule has 0 fully saturated rings. The number of esters is 5. The van der Waals surface area contributed by atoms with Crippen molar-refractivity contribution >= 4 is 57.0 Å². The van der Waals surface area contributed by atoms with Crippen LogP contribution < -0.4 is 0 Å². The van der Waals surface area contributed by atoms with Gasteiger partial charge in [0.2, 0.25) is 6.10 Å². The lowest BCUT2D eigenvalue weighted by molar-refractivity contribution is -0.204. The summed E-state index contributed by atoms with van der Waals surface area (Å²) in [4.78, 5) is 72.6. The predicted octanol–water partition coefficient (Wildman–Crippen LogP) is 3.38. The summed E-state index contributed by atoms with van der Waals surface area (Å²) in [6, 6.07) is 8.10. The number of benzene rings is 1. The van der Waals surface area contributed by atoms with Crippen molar-refractivity contribution in [2.75, 3.05) is 6.61 Å². The number of carbonyl (C=O) groups excluding carboxylic acids is 5. The van der Waals surface area contributed by atoms with Crippen LogP contribution in [0.3, 0.4) is 0 Å². The van der Waals surface area contributed by atoms with E-state index in [0.29, 0.717) is 11.5 Å². The number of ether oxygens (including phenoxy) is 5. The monoisotopic (exact) mass is 652 g/mol. The molecule has 1 aromatic carbocycles. The summed E-state index contributed by atoms with van der Waals surface area (Å²) in [7, 11) is 0. The molecular weight excluding hydrogens is 620 g/mol. The normalized spacial score (nSPS) is 14.7. The van der Waals surface area contributed by atoms with Gasteiger partial charge in [-0.3, -0.25) is 24.0 Å². The van der Waals surface area contributed by atoms with Crippen LogP contribution in [0.15, 0.2) is 24.3 Å². The number of aromatic nitrogens is 4. The molecule has 242 valence electrons. The fourth-order valence-electron chi connectivity index (χ4n) is 5.57. The highest BCUT2D eigenvalue weighted by molar-refractivity contribution is 7.19. The van der Waals surface area contributed by atoms with Crippen LogP contribution in [0.1, 0.15) is 62.8 Å². The maximum Gasteiger partial charge on any atom is 0.303 e. The van der Waals surface area contributed by atoms with E-state index in [1.54, 1.807) is 18.3 Å². The molecule has 0 amide bonds. The molecule has 0 saturated carbocycles. The summed E-state index contributed by atoms with van der Waals surface area (Å²) in [5.74, 6) is -3.63. The number of rotatable bonds is 10. The van der Waals surface area contributed by atoms with Crippen molar-refractivity contribution in [3.8, 4) is 11.1 Å². The second-order valence-corrected chi connectivity index (χ2v) is 11.8. The van der Waals surface area contributed by atoms with E-state index in [1.807, 2.05) is 18.2 Å². The Bertz CT molecular complexity index is 1860. The molecule has 1 aliphatic carbocycles. The summed E-state index contributed by atoms with van der Waals surface area (Å²) in [5.41, 5.74) is 3.67. The fourth-order valence-corrected chi connectivity index (χ4v) is 6.79. The van der Waals surface area contributed by atoms with Crippen molar-refractivity contribution in [2.45, 2.75) is 78.8 Å². The second kappa shape index (κ2) is 13.2. The molecule has 46 heavy (non-hydrogen) atoms. The zero-order valence-corrected chi connectivity index (χ0v) is 26.8. The molecule has 4 atom stereocenters. The molecule has 15 heteroatoms. The van der Waals surface area contributed by atoms with Gasteiger partial charge in [0, 0.05) is 45.1 Å². The van der Waals surface area contributed by atoms with Gasteiger partial charge in [-0.15, -0.1) is 16.4 Å². The summed E-state index contributed by atoms with van der Waals surface area (Å²) in [6.45, 7) is 6.73. The van der Waals surface area contributed by atoms with Gasteiger partial charge < -0.3 is 23.7 Å². The number of fused-ring (bicyclic) bond motifs is 7. The van der Waals surface area contributed by atoms with Gasteiger partial charge in [-0.05, 0) is 30.9 Å². The number of thiophene rings is 1. The first-order valence-corrected chi connectivity index (χ1v) is 15.2. The van der Waals surface area contributed by atoms with Crippen molar-refractivity contribution in [1.29, 1.82) is 0 Å². The largest absolute Gasteiger partial charge is 0.462 e. The highest BCUT2D eigenvalue weighted by Crippen LogP contribution is 2.45. The van der Waals surface area contributed by atoms with Gasteiger partial charge in [0.1, 0.15) is 17.3 Å². The molecule has 1 aliphatic rings. The number of carbonyl (C=O) groups is 5. The maximum atomic E-state index is 12.5. The average Bonchev–Trinajstić information content (AvgIpc) is 3.57. The molecule has 5 rings (SSSR count). The van der Waals surface area contributed by atoms with Crippen molar-refractivity contribution in [3.05, 3.63) is 46.4 Å². The molecule has 0 bridgehead atoms. The van der Waals surface area contributed by atoms with Gasteiger partial charge in [0.05, 0.1) is 5.39 Å². The molecule has 3 aromatic heterocycles. The molecule has 0 N–H and O–H groups in total. The van der Waals surface area contributed by atoms with E-state index in [-0.39, 0.29) is 5.82 Å². The van der Waals surface area contributed by atoms with Crippen LogP contribution in [0.2, 0.25) is 0 Å². The fraction of sp³-hybridized carbons (Fsp3) is 0.419. The lowest BCUT2D eigenvalue weighted by Crippen LogP contribution is -2.50.